The standard InChI is InChI=1S/C19H39N5O3S.HI/c1-3-4-11-24-12-8-17(9-13-24)23-19(20-2)21-10-15-28(25,26)22-16-18-7-5-6-14-27-18;/h17-18,22H,3-16H2,1-2H3,(H2,20,21,23);1H. The molecule has 2 fully saturated rings. The highest BCUT2D eigenvalue weighted by atomic mass is 127. The predicted octanol–water partition coefficient (Wildman–Crippen LogP) is 1.52. The minimum Gasteiger partial charge on any atom is -0.377 e. The number of hydrogen-bond acceptors (Lipinski definition) is 5. The Morgan fingerprint density at radius 2 is 1.97 bits per heavy atom. The largest absolute Gasteiger partial charge is 0.377 e. The third-order valence-electron chi connectivity index (χ3n) is 5.45. The molecule has 0 aliphatic carbocycles. The Kier molecular flexibility index (Phi) is 13.7. The van der Waals surface area contributed by atoms with Crippen LogP contribution in [0.5, 0.6) is 0 Å². The molecule has 2 aliphatic rings. The highest BCUT2D eigenvalue weighted by Gasteiger charge is 2.20. The van der Waals surface area contributed by atoms with Gasteiger partial charge < -0.3 is 20.3 Å². The molecule has 2 aliphatic heterocycles. The first kappa shape index (κ1) is 26.9. The molecule has 29 heavy (non-hydrogen) atoms. The van der Waals surface area contributed by atoms with Crippen molar-refractivity contribution in [3.8, 4) is 0 Å². The number of piperidine rings is 1. The molecule has 0 bridgehead atoms. The lowest BCUT2D eigenvalue weighted by atomic mass is 10.0. The third kappa shape index (κ3) is 11.1. The molecule has 0 radical (unpaired) electrons. The number of hydrogen-bond donors (Lipinski definition) is 3. The van der Waals surface area contributed by atoms with Crippen molar-refractivity contribution >= 4 is 40.0 Å². The van der Waals surface area contributed by atoms with Crippen LogP contribution in [0.3, 0.4) is 0 Å². The van der Waals surface area contributed by atoms with Gasteiger partial charge in [0.2, 0.25) is 10.0 Å². The van der Waals surface area contributed by atoms with E-state index in [9.17, 15) is 8.42 Å². The zero-order valence-corrected chi connectivity index (χ0v) is 21.1. The molecule has 8 nitrogen and oxygen atoms in total. The molecule has 2 saturated heterocycles. The maximum atomic E-state index is 12.2. The Hall–Kier alpha value is -0.170. The molecule has 1 atom stereocenters. The Labute approximate surface area is 194 Å². The van der Waals surface area contributed by atoms with Crippen LogP contribution in [0, 0.1) is 0 Å². The van der Waals surface area contributed by atoms with Gasteiger partial charge in [-0.2, -0.15) is 0 Å². The highest BCUT2D eigenvalue weighted by Crippen LogP contribution is 2.12. The van der Waals surface area contributed by atoms with Crippen molar-refractivity contribution in [1.82, 2.24) is 20.3 Å². The number of sulfonamides is 1. The molecule has 10 heteroatoms. The van der Waals surface area contributed by atoms with Crippen LogP contribution in [-0.2, 0) is 14.8 Å². The van der Waals surface area contributed by atoms with Crippen LogP contribution in [0.25, 0.3) is 0 Å². The smallest absolute Gasteiger partial charge is 0.213 e. The van der Waals surface area contributed by atoms with Gasteiger partial charge in [-0.05, 0) is 45.1 Å². The van der Waals surface area contributed by atoms with E-state index in [4.69, 9.17) is 4.74 Å². The van der Waals surface area contributed by atoms with E-state index in [2.05, 4.69) is 32.2 Å². The number of rotatable bonds is 10. The fourth-order valence-corrected chi connectivity index (χ4v) is 4.59. The van der Waals surface area contributed by atoms with Gasteiger partial charge >= 0.3 is 0 Å². The Bertz CT molecular complexity index is 562. The minimum atomic E-state index is -3.32. The molecule has 172 valence electrons. The molecule has 0 saturated carbocycles. The predicted molar refractivity (Wildman–Crippen MR) is 130 cm³/mol. The van der Waals surface area contributed by atoms with Gasteiger partial charge in [-0.25, -0.2) is 13.1 Å². The lowest BCUT2D eigenvalue weighted by molar-refractivity contribution is 0.0200. The fourth-order valence-electron chi connectivity index (χ4n) is 3.63. The summed E-state index contributed by atoms with van der Waals surface area (Å²) < 4.78 is 32.6. The first-order chi connectivity index (χ1) is 13.5. The maximum absolute atomic E-state index is 12.2. The van der Waals surface area contributed by atoms with Crippen LogP contribution in [-0.4, -0.2) is 83.6 Å². The molecule has 2 heterocycles. The second kappa shape index (κ2) is 14.8. The first-order valence-corrected chi connectivity index (χ1v) is 12.5. The summed E-state index contributed by atoms with van der Waals surface area (Å²) in [7, 11) is -1.59. The third-order valence-corrected chi connectivity index (χ3v) is 6.80. The Morgan fingerprint density at radius 1 is 1.21 bits per heavy atom. The van der Waals surface area contributed by atoms with Gasteiger partial charge in [0.15, 0.2) is 5.96 Å². The van der Waals surface area contributed by atoms with E-state index >= 15 is 0 Å². The number of halogens is 1. The van der Waals surface area contributed by atoms with E-state index in [1.54, 1.807) is 7.05 Å². The van der Waals surface area contributed by atoms with Crippen LogP contribution >= 0.6 is 24.0 Å². The second-order valence-electron chi connectivity index (χ2n) is 7.77. The molecule has 0 spiro atoms. The van der Waals surface area contributed by atoms with E-state index in [-0.39, 0.29) is 35.8 Å². The van der Waals surface area contributed by atoms with Crippen LogP contribution < -0.4 is 15.4 Å². The lowest BCUT2D eigenvalue weighted by Gasteiger charge is -2.33. The van der Waals surface area contributed by atoms with Gasteiger partial charge in [0.1, 0.15) is 0 Å². The van der Waals surface area contributed by atoms with E-state index in [1.807, 2.05) is 0 Å². The minimum absolute atomic E-state index is 0. The number of ether oxygens (including phenoxy) is 1. The van der Waals surface area contributed by atoms with Crippen LogP contribution in [0.15, 0.2) is 4.99 Å². The zero-order valence-electron chi connectivity index (χ0n) is 18.0. The Morgan fingerprint density at radius 3 is 2.59 bits per heavy atom. The summed E-state index contributed by atoms with van der Waals surface area (Å²) in [5.74, 6) is 0.702. The molecule has 0 amide bonds. The summed E-state index contributed by atoms with van der Waals surface area (Å²) in [5, 5.41) is 6.56. The van der Waals surface area contributed by atoms with Crippen LogP contribution in [0.4, 0.5) is 0 Å². The molecule has 3 N–H and O–H groups in total. The summed E-state index contributed by atoms with van der Waals surface area (Å²) in [4.78, 5) is 6.76. The van der Waals surface area contributed by atoms with E-state index in [0.29, 0.717) is 25.1 Å². The average Bonchev–Trinajstić information content (AvgIpc) is 2.71. The number of nitrogens with zero attached hydrogens (tertiary/aromatic N) is 2. The maximum Gasteiger partial charge on any atom is 0.213 e. The van der Waals surface area contributed by atoms with Crippen LogP contribution in [0.2, 0.25) is 0 Å². The highest BCUT2D eigenvalue weighted by molar-refractivity contribution is 14.0. The number of likely N-dealkylation sites (tertiary alicyclic amines) is 1. The van der Waals surface area contributed by atoms with Gasteiger partial charge in [0.05, 0.1) is 11.9 Å². The van der Waals surface area contributed by atoms with Crippen molar-refractivity contribution in [2.45, 2.75) is 64.0 Å². The summed E-state index contributed by atoms with van der Waals surface area (Å²) >= 11 is 0. The summed E-state index contributed by atoms with van der Waals surface area (Å²) in [5.41, 5.74) is 0. The van der Waals surface area contributed by atoms with Gasteiger partial charge in [0, 0.05) is 45.9 Å². The summed E-state index contributed by atoms with van der Waals surface area (Å²) in [6.07, 6.45) is 7.78. The first-order valence-electron chi connectivity index (χ1n) is 10.8. The van der Waals surface area contributed by atoms with Crippen molar-refractivity contribution < 1.29 is 13.2 Å². The SMILES string of the molecule is CCCCN1CCC(NC(=NC)NCCS(=O)(=O)NCC2CCCCO2)CC1.I. The summed E-state index contributed by atoms with van der Waals surface area (Å²) in [6.45, 7) is 7.05. The van der Waals surface area contributed by atoms with E-state index in [1.165, 1.54) is 19.4 Å². The molecule has 0 aromatic carbocycles. The fraction of sp³-hybridized carbons (Fsp3) is 0.947. The number of unbranched alkanes of at least 4 members (excludes halogenated alkanes) is 1. The van der Waals surface area contributed by atoms with E-state index < -0.39 is 10.0 Å². The molecule has 1 unspecified atom stereocenters. The molecule has 2 rings (SSSR count). The molecule has 0 aromatic heterocycles. The van der Waals surface area contributed by atoms with Gasteiger partial charge in [-0.3, -0.25) is 4.99 Å². The molecule has 0 aromatic rings. The van der Waals surface area contributed by atoms with Crippen molar-refractivity contribution in [3.05, 3.63) is 0 Å². The molecular weight excluding hydrogens is 505 g/mol. The van der Waals surface area contributed by atoms with Gasteiger partial charge in [-0.15, -0.1) is 24.0 Å². The molecular formula is C19H40IN5O3S. The monoisotopic (exact) mass is 545 g/mol. The second-order valence-corrected chi connectivity index (χ2v) is 9.70. The topological polar surface area (TPSA) is 95.1 Å². The van der Waals surface area contributed by atoms with Gasteiger partial charge in [0.25, 0.3) is 0 Å². The number of nitrogens with one attached hydrogen (secondary N) is 3. The van der Waals surface area contributed by atoms with Crippen molar-refractivity contribution in [3.63, 3.8) is 0 Å². The van der Waals surface area contributed by atoms with Crippen molar-refractivity contribution in [2.75, 3.05) is 52.1 Å². The number of guanidine groups is 1. The zero-order chi connectivity index (χ0) is 20.2. The van der Waals surface area contributed by atoms with Crippen molar-refractivity contribution in [1.29, 1.82) is 0 Å². The van der Waals surface area contributed by atoms with E-state index in [0.717, 1.165) is 51.8 Å². The quantitative estimate of drug-likeness (QED) is 0.219. The van der Waals surface area contributed by atoms with Crippen LogP contribution in [0.1, 0.15) is 51.9 Å². The lowest BCUT2D eigenvalue weighted by Crippen LogP contribution is -2.49. The Balaban J connectivity index is 0.00000420. The number of aliphatic imine (C=N–C) groups is 1. The average molecular weight is 546 g/mol. The summed E-state index contributed by atoms with van der Waals surface area (Å²) in [6, 6.07) is 0.391. The van der Waals surface area contributed by atoms with Gasteiger partial charge in [-0.1, -0.05) is 13.3 Å². The normalized spacial score (nSPS) is 22.1. The van der Waals surface area contributed by atoms with Crippen molar-refractivity contribution in [2.24, 2.45) is 4.99 Å².